The Morgan fingerprint density at radius 2 is 1.82 bits per heavy atom. The minimum absolute atomic E-state index is 0.180. The lowest BCUT2D eigenvalue weighted by Crippen LogP contribution is -2.45. The summed E-state index contributed by atoms with van der Waals surface area (Å²) in [5.74, 6) is -1.71. The van der Waals surface area contributed by atoms with Crippen molar-refractivity contribution in [3.8, 4) is 5.75 Å². The minimum atomic E-state index is -1.28. The van der Waals surface area contributed by atoms with Crippen molar-refractivity contribution in [3.05, 3.63) is 29.8 Å². The average molecular weight is 310 g/mol. The highest BCUT2D eigenvalue weighted by molar-refractivity contribution is 5.83. The zero-order valence-electron chi connectivity index (χ0n) is 12.0. The number of nitrogens with one attached hydrogen (secondary N) is 2. The van der Waals surface area contributed by atoms with Crippen LogP contribution in [0.1, 0.15) is 18.4 Å². The monoisotopic (exact) mass is 310 g/mol. The number of carbonyl (C=O) groups is 3. The Labute approximate surface area is 127 Å². The molecule has 120 valence electrons. The van der Waals surface area contributed by atoms with Crippen molar-refractivity contribution in [1.82, 2.24) is 10.6 Å². The first-order valence-electron chi connectivity index (χ1n) is 6.54. The quantitative estimate of drug-likeness (QED) is 0.563. The fourth-order valence-corrected chi connectivity index (χ4v) is 1.66. The predicted molar refractivity (Wildman–Crippen MR) is 76.7 cm³/mol. The lowest BCUT2D eigenvalue weighted by molar-refractivity contribution is -0.140. The number of methoxy groups -OCH3 is 1. The fraction of sp³-hybridized carbons (Fsp3) is 0.357. The van der Waals surface area contributed by atoms with Gasteiger partial charge in [-0.1, -0.05) is 12.1 Å². The van der Waals surface area contributed by atoms with E-state index in [1.807, 2.05) is 0 Å². The van der Waals surface area contributed by atoms with Gasteiger partial charge in [0.25, 0.3) is 0 Å². The zero-order chi connectivity index (χ0) is 16.5. The van der Waals surface area contributed by atoms with E-state index in [0.29, 0.717) is 5.75 Å². The van der Waals surface area contributed by atoms with Crippen molar-refractivity contribution < 1.29 is 29.3 Å². The number of carboxylic acid groups (broad SMARTS) is 2. The summed E-state index contributed by atoms with van der Waals surface area (Å²) in [5, 5.41) is 22.2. The first kappa shape index (κ1) is 17.3. The highest BCUT2D eigenvalue weighted by Crippen LogP contribution is 2.10. The van der Waals surface area contributed by atoms with Gasteiger partial charge in [0.2, 0.25) is 0 Å². The smallest absolute Gasteiger partial charge is 0.326 e. The van der Waals surface area contributed by atoms with Gasteiger partial charge in [0.1, 0.15) is 11.8 Å². The molecule has 0 aliphatic heterocycles. The van der Waals surface area contributed by atoms with Gasteiger partial charge in [0, 0.05) is 13.0 Å². The maximum Gasteiger partial charge on any atom is 0.326 e. The molecule has 22 heavy (non-hydrogen) atoms. The Balaban J connectivity index is 2.45. The number of amides is 2. The van der Waals surface area contributed by atoms with Crippen LogP contribution in [0.25, 0.3) is 0 Å². The number of ether oxygens (including phenoxy) is 1. The minimum Gasteiger partial charge on any atom is -0.497 e. The maximum absolute atomic E-state index is 11.6. The molecule has 0 heterocycles. The number of hydrogen-bond donors (Lipinski definition) is 4. The molecule has 0 spiro atoms. The topological polar surface area (TPSA) is 125 Å². The van der Waals surface area contributed by atoms with Crippen LogP contribution in [0.2, 0.25) is 0 Å². The van der Waals surface area contributed by atoms with Gasteiger partial charge in [-0.25, -0.2) is 9.59 Å². The fourth-order valence-electron chi connectivity index (χ4n) is 1.66. The predicted octanol–water partition coefficient (Wildman–Crippen LogP) is 0.812. The first-order valence-corrected chi connectivity index (χ1v) is 6.54. The normalized spacial score (nSPS) is 11.3. The van der Waals surface area contributed by atoms with Crippen LogP contribution in [-0.2, 0) is 16.1 Å². The summed E-state index contributed by atoms with van der Waals surface area (Å²) < 4.78 is 5.01. The number of urea groups is 1. The van der Waals surface area contributed by atoms with Crippen LogP contribution in [0.4, 0.5) is 4.79 Å². The van der Waals surface area contributed by atoms with E-state index in [2.05, 4.69) is 10.6 Å². The average Bonchev–Trinajstić information content (AvgIpc) is 2.49. The van der Waals surface area contributed by atoms with Crippen LogP contribution >= 0.6 is 0 Å². The Hall–Kier alpha value is -2.77. The number of carbonyl (C=O) groups excluding carboxylic acids is 1. The van der Waals surface area contributed by atoms with E-state index in [4.69, 9.17) is 14.9 Å². The molecule has 1 atom stereocenters. The summed E-state index contributed by atoms with van der Waals surface area (Å²) in [4.78, 5) is 33.0. The zero-order valence-corrected chi connectivity index (χ0v) is 12.0. The summed E-state index contributed by atoms with van der Waals surface area (Å²) in [6.45, 7) is 0.209. The molecule has 0 saturated heterocycles. The van der Waals surface area contributed by atoms with Crippen molar-refractivity contribution in [2.45, 2.75) is 25.4 Å². The highest BCUT2D eigenvalue weighted by atomic mass is 16.5. The van der Waals surface area contributed by atoms with Crippen molar-refractivity contribution in [3.63, 3.8) is 0 Å². The van der Waals surface area contributed by atoms with Gasteiger partial charge in [0.05, 0.1) is 7.11 Å². The summed E-state index contributed by atoms with van der Waals surface area (Å²) in [7, 11) is 1.55. The molecule has 4 N–H and O–H groups in total. The summed E-state index contributed by atoms with van der Waals surface area (Å²) in [6, 6.07) is 5.08. The molecule has 2 amide bonds. The lowest BCUT2D eigenvalue weighted by atomic mass is 10.1. The summed E-state index contributed by atoms with van der Waals surface area (Å²) in [5.41, 5.74) is 0.813. The molecule has 0 radical (unpaired) electrons. The van der Waals surface area contributed by atoms with E-state index in [-0.39, 0.29) is 19.4 Å². The maximum atomic E-state index is 11.6. The number of rotatable bonds is 8. The Kier molecular flexibility index (Phi) is 6.68. The summed E-state index contributed by atoms with van der Waals surface area (Å²) >= 11 is 0. The molecule has 0 bridgehead atoms. The van der Waals surface area contributed by atoms with Crippen LogP contribution in [-0.4, -0.2) is 41.3 Å². The molecule has 8 heteroatoms. The van der Waals surface area contributed by atoms with Crippen LogP contribution in [0.5, 0.6) is 5.75 Å². The molecular weight excluding hydrogens is 292 g/mol. The number of hydrogen-bond acceptors (Lipinski definition) is 4. The number of aliphatic carboxylic acids is 2. The second-order valence-corrected chi connectivity index (χ2v) is 4.50. The molecule has 0 aliphatic rings. The first-order chi connectivity index (χ1) is 10.4. The van der Waals surface area contributed by atoms with E-state index in [9.17, 15) is 14.4 Å². The van der Waals surface area contributed by atoms with Gasteiger partial charge in [-0.3, -0.25) is 4.79 Å². The van der Waals surface area contributed by atoms with Crippen LogP contribution in [0.3, 0.4) is 0 Å². The Morgan fingerprint density at radius 1 is 1.18 bits per heavy atom. The van der Waals surface area contributed by atoms with Crippen LogP contribution < -0.4 is 15.4 Å². The molecule has 8 nitrogen and oxygen atoms in total. The van der Waals surface area contributed by atoms with Gasteiger partial charge in [-0.2, -0.15) is 0 Å². The van der Waals surface area contributed by atoms with Crippen molar-refractivity contribution in [2.75, 3.05) is 7.11 Å². The van der Waals surface area contributed by atoms with Crippen LogP contribution in [0.15, 0.2) is 24.3 Å². The molecule has 0 saturated carbocycles. The molecule has 0 fully saturated rings. The molecular formula is C14H18N2O6. The third-order valence-electron chi connectivity index (χ3n) is 2.86. The van der Waals surface area contributed by atoms with Gasteiger partial charge in [-0.05, 0) is 24.1 Å². The van der Waals surface area contributed by atoms with Gasteiger partial charge >= 0.3 is 18.0 Å². The van der Waals surface area contributed by atoms with E-state index in [1.165, 1.54) is 0 Å². The van der Waals surface area contributed by atoms with E-state index >= 15 is 0 Å². The number of carboxylic acids is 2. The van der Waals surface area contributed by atoms with E-state index in [0.717, 1.165) is 5.56 Å². The largest absolute Gasteiger partial charge is 0.497 e. The molecule has 0 unspecified atom stereocenters. The van der Waals surface area contributed by atoms with E-state index < -0.39 is 24.0 Å². The Morgan fingerprint density at radius 3 is 2.32 bits per heavy atom. The van der Waals surface area contributed by atoms with Crippen LogP contribution in [0, 0.1) is 0 Å². The van der Waals surface area contributed by atoms with Crippen molar-refractivity contribution in [2.24, 2.45) is 0 Å². The molecule has 1 rings (SSSR count). The SMILES string of the molecule is COc1ccc(CNC(=O)N[C@@H](CCC(=O)O)C(=O)O)cc1. The van der Waals surface area contributed by atoms with E-state index in [1.54, 1.807) is 31.4 Å². The lowest BCUT2D eigenvalue weighted by Gasteiger charge is -2.14. The summed E-state index contributed by atoms with van der Waals surface area (Å²) in [6.07, 6.45) is -0.518. The third-order valence-corrected chi connectivity index (χ3v) is 2.86. The standard InChI is InChI=1S/C14H18N2O6/c1-22-10-4-2-9(3-5-10)8-15-14(21)16-11(13(19)20)6-7-12(17)18/h2-5,11H,6-8H2,1H3,(H,17,18)(H,19,20)(H2,15,16,21)/t11-/m0/s1. The van der Waals surface area contributed by atoms with Gasteiger partial charge in [0.15, 0.2) is 0 Å². The Bertz CT molecular complexity index is 529. The molecule has 0 aliphatic carbocycles. The third kappa shape index (κ3) is 6.12. The van der Waals surface area contributed by atoms with Crippen molar-refractivity contribution >= 4 is 18.0 Å². The molecule has 0 aromatic heterocycles. The van der Waals surface area contributed by atoms with Crippen molar-refractivity contribution in [1.29, 1.82) is 0 Å². The second-order valence-electron chi connectivity index (χ2n) is 4.50. The van der Waals surface area contributed by atoms with Gasteiger partial charge in [-0.15, -0.1) is 0 Å². The highest BCUT2D eigenvalue weighted by Gasteiger charge is 2.20. The molecule has 1 aromatic carbocycles. The molecule has 1 aromatic rings. The number of benzene rings is 1. The van der Waals surface area contributed by atoms with Gasteiger partial charge < -0.3 is 25.6 Å². The second kappa shape index (κ2) is 8.50.